The van der Waals surface area contributed by atoms with Crippen LogP contribution in [0.15, 0.2) is 66.2 Å². The Morgan fingerprint density at radius 3 is 2.59 bits per heavy atom. The van der Waals surface area contributed by atoms with Crippen LogP contribution in [0.4, 0.5) is 0 Å². The molecule has 0 saturated heterocycles. The van der Waals surface area contributed by atoms with Crippen LogP contribution in [0.1, 0.15) is 22.8 Å². The molecule has 0 atom stereocenters. The van der Waals surface area contributed by atoms with Crippen LogP contribution in [0.3, 0.4) is 0 Å². The monoisotopic (exact) mass is 414 g/mol. The summed E-state index contributed by atoms with van der Waals surface area (Å²) in [4.78, 5) is 16.8. The van der Waals surface area contributed by atoms with E-state index in [1.165, 1.54) is 0 Å². The second kappa shape index (κ2) is 12.5. The minimum absolute atomic E-state index is 0.201. The Kier molecular flexibility index (Phi) is 9.59. The van der Waals surface area contributed by atoms with Gasteiger partial charge in [0.15, 0.2) is 5.96 Å². The van der Waals surface area contributed by atoms with Crippen LogP contribution in [-0.2, 0) is 6.54 Å². The summed E-state index contributed by atoms with van der Waals surface area (Å²) >= 11 is 6.05. The first-order chi connectivity index (χ1) is 14.2. The molecule has 0 aliphatic carbocycles. The molecule has 0 saturated carbocycles. The average molecular weight is 415 g/mol. The van der Waals surface area contributed by atoms with Crippen molar-refractivity contribution in [3.63, 3.8) is 0 Å². The van der Waals surface area contributed by atoms with Gasteiger partial charge in [0.05, 0.1) is 17.1 Å². The lowest BCUT2D eigenvalue weighted by atomic mass is 10.2. The molecular formula is C22H27ClN4O2. The SMILES string of the molecule is C=CCOc1ccccc1CN=C(NCC)NCCNC(=O)c1ccccc1Cl. The third-order valence-electron chi connectivity index (χ3n) is 3.90. The van der Waals surface area contributed by atoms with Crippen molar-refractivity contribution in [1.82, 2.24) is 16.0 Å². The van der Waals surface area contributed by atoms with E-state index in [2.05, 4.69) is 27.5 Å². The van der Waals surface area contributed by atoms with Gasteiger partial charge >= 0.3 is 0 Å². The molecule has 0 aliphatic heterocycles. The van der Waals surface area contributed by atoms with Crippen LogP contribution < -0.4 is 20.7 Å². The maximum Gasteiger partial charge on any atom is 0.252 e. The number of amides is 1. The number of halogens is 1. The van der Waals surface area contributed by atoms with Crippen molar-refractivity contribution in [1.29, 1.82) is 0 Å². The third kappa shape index (κ3) is 7.50. The molecule has 0 aromatic heterocycles. The molecular weight excluding hydrogens is 388 g/mol. The van der Waals surface area contributed by atoms with E-state index in [1.54, 1.807) is 30.3 Å². The van der Waals surface area contributed by atoms with E-state index in [0.717, 1.165) is 17.9 Å². The van der Waals surface area contributed by atoms with E-state index in [1.807, 2.05) is 31.2 Å². The van der Waals surface area contributed by atoms with Gasteiger partial charge in [-0.15, -0.1) is 0 Å². The molecule has 0 radical (unpaired) electrons. The number of carbonyl (C=O) groups is 1. The maximum atomic E-state index is 12.2. The van der Waals surface area contributed by atoms with Gasteiger partial charge in [0, 0.05) is 25.2 Å². The van der Waals surface area contributed by atoms with Gasteiger partial charge in [0.1, 0.15) is 12.4 Å². The Hall–Kier alpha value is -2.99. The van der Waals surface area contributed by atoms with Crippen molar-refractivity contribution < 1.29 is 9.53 Å². The van der Waals surface area contributed by atoms with Crippen LogP contribution in [-0.4, -0.2) is 38.1 Å². The first kappa shape index (κ1) is 22.3. The molecule has 29 heavy (non-hydrogen) atoms. The van der Waals surface area contributed by atoms with Gasteiger partial charge < -0.3 is 20.7 Å². The number of nitrogens with zero attached hydrogens (tertiary/aromatic N) is 1. The lowest BCUT2D eigenvalue weighted by molar-refractivity contribution is 0.0954. The Morgan fingerprint density at radius 2 is 1.83 bits per heavy atom. The van der Waals surface area contributed by atoms with E-state index < -0.39 is 0 Å². The smallest absolute Gasteiger partial charge is 0.252 e. The number of ether oxygens (including phenoxy) is 1. The summed E-state index contributed by atoms with van der Waals surface area (Å²) in [5.74, 6) is 1.25. The summed E-state index contributed by atoms with van der Waals surface area (Å²) in [7, 11) is 0. The molecule has 0 bridgehead atoms. The van der Waals surface area contributed by atoms with Crippen LogP contribution in [0.25, 0.3) is 0 Å². The molecule has 7 heteroatoms. The fourth-order valence-electron chi connectivity index (χ4n) is 2.53. The molecule has 3 N–H and O–H groups in total. The minimum atomic E-state index is -0.201. The van der Waals surface area contributed by atoms with Gasteiger partial charge in [-0.3, -0.25) is 4.79 Å². The molecule has 0 heterocycles. The molecule has 0 unspecified atom stereocenters. The molecule has 2 aromatic rings. The Balaban J connectivity index is 1.87. The molecule has 6 nitrogen and oxygen atoms in total. The fraction of sp³-hybridized carbons (Fsp3) is 0.273. The highest BCUT2D eigenvalue weighted by Crippen LogP contribution is 2.18. The summed E-state index contributed by atoms with van der Waals surface area (Å²) < 4.78 is 5.67. The van der Waals surface area contributed by atoms with Crippen LogP contribution in [0, 0.1) is 0 Å². The number of para-hydroxylation sites is 1. The largest absolute Gasteiger partial charge is 0.489 e. The second-order valence-electron chi connectivity index (χ2n) is 6.07. The number of benzene rings is 2. The zero-order valence-electron chi connectivity index (χ0n) is 16.6. The summed E-state index contributed by atoms with van der Waals surface area (Å²) in [6, 6.07) is 14.7. The second-order valence-corrected chi connectivity index (χ2v) is 6.47. The van der Waals surface area contributed by atoms with Crippen LogP contribution in [0.2, 0.25) is 5.02 Å². The van der Waals surface area contributed by atoms with Crippen LogP contribution in [0.5, 0.6) is 5.75 Å². The quantitative estimate of drug-likeness (QED) is 0.241. The number of guanidine groups is 1. The number of aliphatic imine (C=N–C) groups is 1. The molecule has 154 valence electrons. The molecule has 2 aromatic carbocycles. The summed E-state index contributed by atoms with van der Waals surface area (Å²) in [6.45, 7) is 8.28. The first-order valence-electron chi connectivity index (χ1n) is 9.52. The van der Waals surface area contributed by atoms with E-state index in [4.69, 9.17) is 16.3 Å². The number of rotatable bonds is 10. The summed E-state index contributed by atoms with van der Waals surface area (Å²) in [5, 5.41) is 9.68. The topological polar surface area (TPSA) is 74.8 Å². The van der Waals surface area contributed by atoms with Crippen molar-refractivity contribution in [3.8, 4) is 5.75 Å². The Labute approximate surface area is 177 Å². The molecule has 0 spiro atoms. The van der Waals surface area contributed by atoms with Crippen molar-refractivity contribution in [2.24, 2.45) is 4.99 Å². The van der Waals surface area contributed by atoms with Gasteiger partial charge in [-0.1, -0.05) is 54.6 Å². The first-order valence-corrected chi connectivity index (χ1v) is 9.90. The fourth-order valence-corrected chi connectivity index (χ4v) is 2.75. The highest BCUT2D eigenvalue weighted by Gasteiger charge is 2.08. The molecule has 2 rings (SSSR count). The van der Waals surface area contributed by atoms with Gasteiger partial charge in [0.25, 0.3) is 5.91 Å². The lowest BCUT2D eigenvalue weighted by Gasteiger charge is -2.13. The van der Waals surface area contributed by atoms with Crippen molar-refractivity contribution in [2.45, 2.75) is 13.5 Å². The normalized spacial score (nSPS) is 10.9. The van der Waals surface area contributed by atoms with Gasteiger partial charge in [-0.2, -0.15) is 0 Å². The zero-order valence-corrected chi connectivity index (χ0v) is 17.3. The average Bonchev–Trinajstić information content (AvgIpc) is 2.74. The van der Waals surface area contributed by atoms with E-state index in [9.17, 15) is 4.79 Å². The Morgan fingerprint density at radius 1 is 1.10 bits per heavy atom. The molecule has 0 aliphatic rings. The van der Waals surface area contributed by atoms with Gasteiger partial charge in [-0.05, 0) is 25.1 Å². The zero-order chi connectivity index (χ0) is 20.9. The van der Waals surface area contributed by atoms with E-state index >= 15 is 0 Å². The summed E-state index contributed by atoms with van der Waals surface area (Å²) in [6.07, 6.45) is 1.71. The number of hydrogen-bond donors (Lipinski definition) is 3. The summed E-state index contributed by atoms with van der Waals surface area (Å²) in [5.41, 5.74) is 1.45. The van der Waals surface area contributed by atoms with Crippen LogP contribution >= 0.6 is 11.6 Å². The van der Waals surface area contributed by atoms with Crippen molar-refractivity contribution in [3.05, 3.63) is 77.3 Å². The number of carbonyl (C=O) groups excluding carboxylic acids is 1. The standard InChI is InChI=1S/C22H27ClN4O2/c1-3-15-29-20-12-8-5-9-17(20)16-27-22(24-4-2)26-14-13-25-21(28)18-10-6-7-11-19(18)23/h3,5-12H,1,4,13-16H2,2H3,(H,25,28)(H2,24,26,27). The molecule has 0 fully saturated rings. The predicted molar refractivity (Wildman–Crippen MR) is 119 cm³/mol. The van der Waals surface area contributed by atoms with E-state index in [0.29, 0.717) is 42.8 Å². The maximum absolute atomic E-state index is 12.2. The van der Waals surface area contributed by atoms with Crippen molar-refractivity contribution in [2.75, 3.05) is 26.2 Å². The van der Waals surface area contributed by atoms with E-state index in [-0.39, 0.29) is 5.91 Å². The predicted octanol–water partition coefficient (Wildman–Crippen LogP) is 3.39. The number of nitrogens with one attached hydrogen (secondary N) is 3. The highest BCUT2D eigenvalue weighted by molar-refractivity contribution is 6.33. The highest BCUT2D eigenvalue weighted by atomic mass is 35.5. The molecule has 1 amide bonds. The third-order valence-corrected chi connectivity index (χ3v) is 4.23. The van der Waals surface area contributed by atoms with Gasteiger partial charge in [0.2, 0.25) is 0 Å². The lowest BCUT2D eigenvalue weighted by Crippen LogP contribution is -2.41. The number of hydrogen-bond acceptors (Lipinski definition) is 3. The minimum Gasteiger partial charge on any atom is -0.489 e. The Bertz CT molecular complexity index is 839. The van der Waals surface area contributed by atoms with Gasteiger partial charge in [-0.25, -0.2) is 4.99 Å². The van der Waals surface area contributed by atoms with Crippen molar-refractivity contribution >= 4 is 23.5 Å².